The summed E-state index contributed by atoms with van der Waals surface area (Å²) in [7, 11) is 0. The van der Waals surface area contributed by atoms with Crippen molar-refractivity contribution in [2.24, 2.45) is 0 Å². The van der Waals surface area contributed by atoms with Gasteiger partial charge in [0.05, 0.1) is 0 Å². The number of hydrogen-bond donors (Lipinski definition) is 1. The zero-order chi connectivity index (χ0) is 12.8. The smallest absolute Gasteiger partial charge is 0.269 e. The molecule has 0 aromatic carbocycles. The van der Waals surface area contributed by atoms with Gasteiger partial charge in [0, 0.05) is 25.3 Å². The molecular weight excluding hydrogens is 226 g/mol. The van der Waals surface area contributed by atoms with Crippen LogP contribution in [0.4, 0.5) is 0 Å². The maximum atomic E-state index is 11.8. The number of pyridine rings is 1. The number of hydrogen-bond acceptors (Lipinski definition) is 3. The number of carbonyl (C=O) groups is 1. The summed E-state index contributed by atoms with van der Waals surface area (Å²) in [6.07, 6.45) is 5.52. The summed E-state index contributed by atoms with van der Waals surface area (Å²) in [6.45, 7) is 5.04. The summed E-state index contributed by atoms with van der Waals surface area (Å²) < 4.78 is 0. The first-order valence-corrected chi connectivity index (χ1v) is 6.70. The van der Waals surface area contributed by atoms with Crippen LogP contribution in [0.5, 0.6) is 0 Å². The molecular formula is C14H21N3O. The molecule has 1 amide bonds. The van der Waals surface area contributed by atoms with Crippen LogP contribution in [0.25, 0.3) is 0 Å². The molecule has 1 N–H and O–H groups in total. The van der Waals surface area contributed by atoms with E-state index >= 15 is 0 Å². The lowest BCUT2D eigenvalue weighted by Crippen LogP contribution is -2.42. The fraction of sp³-hybridized carbons (Fsp3) is 0.571. The monoisotopic (exact) mass is 247 g/mol. The Hall–Kier alpha value is -1.42. The number of rotatable bonds is 4. The molecule has 4 nitrogen and oxygen atoms in total. The largest absolute Gasteiger partial charge is 0.349 e. The Kier molecular flexibility index (Phi) is 4.70. The second kappa shape index (κ2) is 6.50. The van der Waals surface area contributed by atoms with Crippen LogP contribution in [0.2, 0.25) is 0 Å². The number of piperidine rings is 1. The van der Waals surface area contributed by atoms with Crippen molar-refractivity contribution in [2.75, 3.05) is 19.6 Å². The molecule has 0 bridgehead atoms. The molecule has 2 heterocycles. The molecule has 0 aliphatic carbocycles. The van der Waals surface area contributed by atoms with Crippen molar-refractivity contribution in [2.45, 2.75) is 32.2 Å². The van der Waals surface area contributed by atoms with Crippen molar-refractivity contribution < 1.29 is 4.79 Å². The van der Waals surface area contributed by atoms with Gasteiger partial charge in [-0.1, -0.05) is 12.5 Å². The second-order valence-corrected chi connectivity index (χ2v) is 4.85. The molecule has 1 aliphatic heterocycles. The van der Waals surface area contributed by atoms with Crippen molar-refractivity contribution in [3.63, 3.8) is 0 Å². The number of nitrogens with one attached hydrogen (secondary N) is 1. The average Bonchev–Trinajstić information content (AvgIpc) is 2.42. The quantitative estimate of drug-likeness (QED) is 0.880. The third-order valence-electron chi connectivity index (χ3n) is 3.52. The molecule has 98 valence electrons. The lowest BCUT2D eigenvalue weighted by atomic mass is 10.0. The molecule has 1 aromatic heterocycles. The van der Waals surface area contributed by atoms with E-state index in [4.69, 9.17) is 0 Å². The van der Waals surface area contributed by atoms with Crippen molar-refractivity contribution in [1.29, 1.82) is 0 Å². The van der Waals surface area contributed by atoms with E-state index in [1.165, 1.54) is 19.3 Å². The number of carbonyl (C=O) groups excluding carboxylic acids is 1. The van der Waals surface area contributed by atoms with Crippen LogP contribution in [0, 0.1) is 0 Å². The van der Waals surface area contributed by atoms with Crippen LogP contribution in [0.3, 0.4) is 0 Å². The fourth-order valence-corrected chi connectivity index (χ4v) is 2.39. The molecule has 1 aliphatic rings. The molecule has 1 fully saturated rings. The highest BCUT2D eigenvalue weighted by Gasteiger charge is 2.17. The summed E-state index contributed by atoms with van der Waals surface area (Å²) >= 11 is 0. The summed E-state index contributed by atoms with van der Waals surface area (Å²) in [5, 5.41) is 2.92. The molecule has 1 atom stereocenters. The highest BCUT2D eigenvalue weighted by molar-refractivity contribution is 5.92. The van der Waals surface area contributed by atoms with E-state index in [9.17, 15) is 4.79 Å². The van der Waals surface area contributed by atoms with E-state index in [0.717, 1.165) is 13.1 Å². The van der Waals surface area contributed by atoms with Gasteiger partial charge in [-0.25, -0.2) is 0 Å². The molecule has 0 radical (unpaired) electrons. The molecule has 0 saturated carbocycles. The second-order valence-electron chi connectivity index (χ2n) is 4.85. The van der Waals surface area contributed by atoms with Crippen LogP contribution in [-0.2, 0) is 0 Å². The summed E-state index contributed by atoms with van der Waals surface area (Å²) in [6, 6.07) is 6.02. The summed E-state index contributed by atoms with van der Waals surface area (Å²) in [4.78, 5) is 18.3. The van der Waals surface area contributed by atoms with E-state index in [2.05, 4.69) is 22.1 Å². The standard InChI is InChI=1S/C14H21N3O/c1-12-6-3-5-10-17(12)11-9-16-14(18)13-7-2-4-8-15-13/h2,4,7-8,12H,3,5-6,9-11H2,1H3,(H,16,18). The average molecular weight is 247 g/mol. The van der Waals surface area contributed by atoms with Gasteiger partial charge in [-0.3, -0.25) is 14.7 Å². The van der Waals surface area contributed by atoms with Crippen LogP contribution in [0.15, 0.2) is 24.4 Å². The van der Waals surface area contributed by atoms with E-state index < -0.39 is 0 Å². The highest BCUT2D eigenvalue weighted by atomic mass is 16.1. The Morgan fingerprint density at radius 2 is 2.39 bits per heavy atom. The van der Waals surface area contributed by atoms with Gasteiger partial charge in [0.25, 0.3) is 5.91 Å². The minimum atomic E-state index is -0.0831. The Balaban J connectivity index is 1.73. The minimum absolute atomic E-state index is 0.0831. The van der Waals surface area contributed by atoms with Crippen LogP contribution >= 0.6 is 0 Å². The molecule has 1 unspecified atom stereocenters. The van der Waals surface area contributed by atoms with Gasteiger partial charge in [-0.15, -0.1) is 0 Å². The van der Waals surface area contributed by atoms with Crippen LogP contribution < -0.4 is 5.32 Å². The Labute approximate surface area is 108 Å². The maximum absolute atomic E-state index is 11.8. The van der Waals surface area contributed by atoms with E-state index in [1.54, 1.807) is 12.3 Å². The molecule has 0 spiro atoms. The van der Waals surface area contributed by atoms with Gasteiger partial charge < -0.3 is 5.32 Å². The van der Waals surface area contributed by atoms with Gasteiger partial charge >= 0.3 is 0 Å². The van der Waals surface area contributed by atoms with E-state index in [1.807, 2.05) is 12.1 Å². The number of aromatic nitrogens is 1. The van der Waals surface area contributed by atoms with Crippen LogP contribution in [0.1, 0.15) is 36.7 Å². The number of nitrogens with zero attached hydrogens (tertiary/aromatic N) is 2. The number of likely N-dealkylation sites (tertiary alicyclic amines) is 1. The van der Waals surface area contributed by atoms with E-state index in [-0.39, 0.29) is 5.91 Å². The molecule has 4 heteroatoms. The Morgan fingerprint density at radius 1 is 1.50 bits per heavy atom. The molecule has 18 heavy (non-hydrogen) atoms. The summed E-state index contributed by atoms with van der Waals surface area (Å²) in [5.74, 6) is -0.0831. The Morgan fingerprint density at radius 3 is 3.11 bits per heavy atom. The normalized spacial score (nSPS) is 20.6. The van der Waals surface area contributed by atoms with Gasteiger partial charge in [0.1, 0.15) is 5.69 Å². The lowest BCUT2D eigenvalue weighted by molar-refractivity contribution is 0.0933. The van der Waals surface area contributed by atoms with Crippen molar-refractivity contribution in [3.05, 3.63) is 30.1 Å². The van der Waals surface area contributed by atoms with Crippen molar-refractivity contribution in [1.82, 2.24) is 15.2 Å². The predicted octanol–water partition coefficient (Wildman–Crippen LogP) is 1.69. The third kappa shape index (κ3) is 3.53. The van der Waals surface area contributed by atoms with Crippen LogP contribution in [-0.4, -0.2) is 41.5 Å². The van der Waals surface area contributed by atoms with Gasteiger partial charge in [-0.05, 0) is 38.4 Å². The lowest BCUT2D eigenvalue weighted by Gasteiger charge is -2.33. The highest BCUT2D eigenvalue weighted by Crippen LogP contribution is 2.15. The zero-order valence-electron chi connectivity index (χ0n) is 10.9. The first-order valence-electron chi connectivity index (χ1n) is 6.70. The van der Waals surface area contributed by atoms with E-state index in [0.29, 0.717) is 18.3 Å². The first-order chi connectivity index (χ1) is 8.77. The Bertz CT molecular complexity index is 380. The first kappa shape index (κ1) is 13.0. The topological polar surface area (TPSA) is 45.2 Å². The van der Waals surface area contributed by atoms with Gasteiger partial charge in [-0.2, -0.15) is 0 Å². The fourth-order valence-electron chi connectivity index (χ4n) is 2.39. The minimum Gasteiger partial charge on any atom is -0.349 e. The molecule has 1 saturated heterocycles. The van der Waals surface area contributed by atoms with Gasteiger partial charge in [0.15, 0.2) is 0 Å². The van der Waals surface area contributed by atoms with Crippen molar-refractivity contribution >= 4 is 5.91 Å². The molecule has 1 aromatic rings. The maximum Gasteiger partial charge on any atom is 0.269 e. The summed E-state index contributed by atoms with van der Waals surface area (Å²) in [5.41, 5.74) is 0.490. The third-order valence-corrected chi connectivity index (χ3v) is 3.52. The molecule has 2 rings (SSSR count). The van der Waals surface area contributed by atoms with Crippen molar-refractivity contribution in [3.8, 4) is 0 Å². The predicted molar refractivity (Wildman–Crippen MR) is 71.5 cm³/mol. The SMILES string of the molecule is CC1CCCCN1CCNC(=O)c1ccccn1. The van der Waals surface area contributed by atoms with Gasteiger partial charge in [0.2, 0.25) is 0 Å². The zero-order valence-corrected chi connectivity index (χ0v) is 10.9. The number of amides is 1.